The predicted octanol–water partition coefficient (Wildman–Crippen LogP) is 3.69. The van der Waals surface area contributed by atoms with Gasteiger partial charge >= 0.3 is 0 Å². The smallest absolute Gasteiger partial charge is 0.225 e. The molecule has 3 aromatic rings. The summed E-state index contributed by atoms with van der Waals surface area (Å²) in [6.07, 6.45) is 6.82. The normalized spacial score (nSPS) is 23.4. The van der Waals surface area contributed by atoms with Crippen LogP contribution >= 0.6 is 0 Å². The van der Waals surface area contributed by atoms with Gasteiger partial charge in [0, 0.05) is 49.1 Å². The van der Waals surface area contributed by atoms with Gasteiger partial charge in [-0.1, -0.05) is 0 Å². The average molecular weight is 403 g/mol. The van der Waals surface area contributed by atoms with Crippen LogP contribution in [0.5, 0.6) is 5.88 Å². The maximum absolute atomic E-state index is 8.94. The SMILES string of the molecule is Cc1cc(Nc2cc3ncccc3c(OC3C[C@H]4CC[C@@H](C3)N4CCC#N)n2)n[nH]1. The highest BCUT2D eigenvalue weighted by atomic mass is 16.5. The van der Waals surface area contributed by atoms with Crippen molar-refractivity contribution in [2.24, 2.45) is 0 Å². The van der Waals surface area contributed by atoms with E-state index in [2.05, 4.69) is 31.5 Å². The highest BCUT2D eigenvalue weighted by Gasteiger charge is 2.41. The third kappa shape index (κ3) is 3.68. The lowest BCUT2D eigenvalue weighted by atomic mass is 9.99. The lowest BCUT2D eigenvalue weighted by Crippen LogP contribution is -2.46. The van der Waals surface area contributed by atoms with Crippen LogP contribution in [0.25, 0.3) is 10.9 Å². The van der Waals surface area contributed by atoms with E-state index in [1.165, 1.54) is 12.8 Å². The topological polar surface area (TPSA) is 103 Å². The summed E-state index contributed by atoms with van der Waals surface area (Å²) in [5, 5.41) is 20.3. The molecule has 5 rings (SSSR count). The number of nitrogens with zero attached hydrogens (tertiary/aromatic N) is 5. The quantitative estimate of drug-likeness (QED) is 0.647. The van der Waals surface area contributed by atoms with Crippen LogP contribution in [-0.4, -0.2) is 49.8 Å². The molecule has 2 bridgehead atoms. The summed E-state index contributed by atoms with van der Waals surface area (Å²) in [6.45, 7) is 2.82. The molecule has 154 valence electrons. The Morgan fingerprint density at radius 2 is 2.10 bits per heavy atom. The van der Waals surface area contributed by atoms with Crippen LogP contribution in [0, 0.1) is 18.3 Å². The van der Waals surface area contributed by atoms with Gasteiger partial charge in [0.25, 0.3) is 0 Å². The zero-order valence-corrected chi connectivity index (χ0v) is 17.0. The predicted molar refractivity (Wildman–Crippen MR) is 114 cm³/mol. The van der Waals surface area contributed by atoms with E-state index in [1.54, 1.807) is 6.20 Å². The monoisotopic (exact) mass is 403 g/mol. The Hall–Kier alpha value is -3.18. The molecule has 1 unspecified atom stereocenters. The minimum Gasteiger partial charge on any atom is -0.474 e. The Bertz CT molecular complexity index is 1070. The number of aromatic amines is 1. The van der Waals surface area contributed by atoms with E-state index in [9.17, 15) is 0 Å². The van der Waals surface area contributed by atoms with Gasteiger partial charge < -0.3 is 10.1 Å². The standard InChI is InChI=1S/C22H25N7O/c1-14-10-21(28-27-14)25-20-13-19-18(4-2-8-24-19)22(26-20)30-17-11-15-5-6-16(12-17)29(15)9-3-7-23/h2,4,8,10,13,15-17H,3,5-6,9,11-12H2,1H3,(H2,25,26,27,28)/t15-,16+,17?. The van der Waals surface area contributed by atoms with Crippen molar-refractivity contribution in [3.05, 3.63) is 36.2 Å². The molecule has 0 spiro atoms. The number of ether oxygens (including phenoxy) is 1. The summed E-state index contributed by atoms with van der Waals surface area (Å²) in [4.78, 5) is 11.8. The minimum atomic E-state index is 0.125. The molecule has 2 aliphatic heterocycles. The summed E-state index contributed by atoms with van der Waals surface area (Å²) >= 11 is 0. The third-order valence-electron chi connectivity index (χ3n) is 6.13. The highest BCUT2D eigenvalue weighted by Crippen LogP contribution is 2.38. The van der Waals surface area contributed by atoms with Crippen LogP contribution in [0.3, 0.4) is 0 Å². The van der Waals surface area contributed by atoms with Crippen molar-refractivity contribution in [1.82, 2.24) is 25.1 Å². The van der Waals surface area contributed by atoms with Crippen LogP contribution in [-0.2, 0) is 0 Å². The second-order valence-electron chi connectivity index (χ2n) is 8.19. The fraction of sp³-hybridized carbons (Fsp3) is 0.455. The van der Waals surface area contributed by atoms with E-state index < -0.39 is 0 Å². The zero-order chi connectivity index (χ0) is 20.5. The molecule has 0 aromatic carbocycles. The molecule has 2 aliphatic rings. The lowest BCUT2D eigenvalue weighted by Gasteiger charge is -2.38. The number of hydrogen-bond acceptors (Lipinski definition) is 7. The zero-order valence-electron chi connectivity index (χ0n) is 17.0. The molecule has 2 fully saturated rings. The Morgan fingerprint density at radius 3 is 2.83 bits per heavy atom. The fourth-order valence-electron chi connectivity index (χ4n) is 4.83. The second kappa shape index (κ2) is 7.92. The summed E-state index contributed by atoms with van der Waals surface area (Å²) in [5.41, 5.74) is 1.82. The molecule has 3 atom stereocenters. The molecular formula is C22H25N7O. The first-order valence-corrected chi connectivity index (χ1v) is 10.5. The van der Waals surface area contributed by atoms with Gasteiger partial charge in [0.05, 0.1) is 17.0 Å². The molecule has 8 heteroatoms. The number of pyridine rings is 2. The number of H-pyrrole nitrogens is 1. The third-order valence-corrected chi connectivity index (χ3v) is 6.13. The highest BCUT2D eigenvalue weighted by molar-refractivity contribution is 5.86. The number of nitriles is 1. The van der Waals surface area contributed by atoms with Crippen LogP contribution in [0.2, 0.25) is 0 Å². The number of nitrogens with one attached hydrogen (secondary N) is 2. The van der Waals surface area contributed by atoms with E-state index >= 15 is 0 Å². The van der Waals surface area contributed by atoms with Crippen molar-refractivity contribution in [2.45, 2.75) is 57.2 Å². The number of fused-ring (bicyclic) bond motifs is 3. The number of rotatable bonds is 6. The van der Waals surface area contributed by atoms with E-state index in [0.29, 0.717) is 36.0 Å². The maximum Gasteiger partial charge on any atom is 0.225 e. The Kier molecular flexibility index (Phi) is 4.97. The van der Waals surface area contributed by atoms with Gasteiger partial charge in [0.2, 0.25) is 5.88 Å². The molecule has 5 heterocycles. The molecule has 2 saturated heterocycles. The Morgan fingerprint density at radius 1 is 1.27 bits per heavy atom. The van der Waals surface area contributed by atoms with Gasteiger partial charge in [-0.05, 0) is 44.7 Å². The summed E-state index contributed by atoms with van der Waals surface area (Å²) in [5.74, 6) is 1.99. The fourth-order valence-corrected chi connectivity index (χ4v) is 4.83. The Labute approximate surface area is 175 Å². The summed E-state index contributed by atoms with van der Waals surface area (Å²) in [7, 11) is 0. The molecule has 0 saturated carbocycles. The molecule has 3 aromatic heterocycles. The van der Waals surface area contributed by atoms with Crippen molar-refractivity contribution >= 4 is 22.5 Å². The van der Waals surface area contributed by atoms with E-state index in [4.69, 9.17) is 15.0 Å². The number of piperidine rings is 1. The van der Waals surface area contributed by atoms with Crippen molar-refractivity contribution in [3.8, 4) is 11.9 Å². The van der Waals surface area contributed by atoms with Crippen molar-refractivity contribution in [2.75, 3.05) is 11.9 Å². The second-order valence-corrected chi connectivity index (χ2v) is 8.19. The molecular weight excluding hydrogens is 378 g/mol. The Balaban J connectivity index is 1.38. The molecule has 0 radical (unpaired) electrons. The molecule has 2 N–H and O–H groups in total. The van der Waals surface area contributed by atoms with Gasteiger partial charge in [-0.15, -0.1) is 0 Å². The number of aromatic nitrogens is 4. The van der Waals surface area contributed by atoms with Gasteiger partial charge in [-0.2, -0.15) is 15.3 Å². The van der Waals surface area contributed by atoms with E-state index in [1.807, 2.05) is 31.2 Å². The number of aryl methyl sites for hydroxylation is 1. The van der Waals surface area contributed by atoms with Crippen molar-refractivity contribution < 1.29 is 4.74 Å². The first-order valence-electron chi connectivity index (χ1n) is 10.5. The van der Waals surface area contributed by atoms with Crippen LogP contribution < -0.4 is 10.1 Å². The first kappa shape index (κ1) is 18.8. The van der Waals surface area contributed by atoms with Crippen LogP contribution in [0.1, 0.15) is 37.8 Å². The average Bonchev–Trinajstić information content (AvgIpc) is 3.25. The van der Waals surface area contributed by atoms with Gasteiger partial charge in [-0.3, -0.25) is 15.0 Å². The minimum absolute atomic E-state index is 0.125. The maximum atomic E-state index is 8.94. The molecule has 0 aliphatic carbocycles. The molecule has 0 amide bonds. The number of anilines is 2. The van der Waals surface area contributed by atoms with E-state index in [0.717, 1.165) is 36.0 Å². The van der Waals surface area contributed by atoms with E-state index in [-0.39, 0.29) is 6.10 Å². The lowest BCUT2D eigenvalue weighted by molar-refractivity contribution is 0.0494. The van der Waals surface area contributed by atoms with Crippen molar-refractivity contribution in [3.63, 3.8) is 0 Å². The van der Waals surface area contributed by atoms with Gasteiger partial charge in [-0.25, -0.2) is 0 Å². The summed E-state index contributed by atoms with van der Waals surface area (Å²) < 4.78 is 6.47. The first-order chi connectivity index (χ1) is 14.7. The van der Waals surface area contributed by atoms with Crippen LogP contribution in [0.4, 0.5) is 11.6 Å². The van der Waals surface area contributed by atoms with Crippen LogP contribution in [0.15, 0.2) is 30.5 Å². The van der Waals surface area contributed by atoms with Crippen molar-refractivity contribution in [1.29, 1.82) is 5.26 Å². The van der Waals surface area contributed by atoms with Gasteiger partial charge in [0.1, 0.15) is 11.9 Å². The molecule has 30 heavy (non-hydrogen) atoms. The van der Waals surface area contributed by atoms with Gasteiger partial charge in [0.15, 0.2) is 5.82 Å². The molecule has 8 nitrogen and oxygen atoms in total. The largest absolute Gasteiger partial charge is 0.474 e. The summed E-state index contributed by atoms with van der Waals surface area (Å²) in [6, 6.07) is 11.0. The number of hydrogen-bond donors (Lipinski definition) is 2.